The zero-order valence-corrected chi connectivity index (χ0v) is 11.1. The number of hydrogen-bond acceptors (Lipinski definition) is 4. The van der Waals surface area contributed by atoms with E-state index in [9.17, 15) is 4.79 Å². The van der Waals surface area contributed by atoms with E-state index in [1.165, 1.54) is 6.07 Å². The summed E-state index contributed by atoms with van der Waals surface area (Å²) in [6.07, 6.45) is 3.50. The van der Waals surface area contributed by atoms with Crippen LogP contribution in [0.2, 0.25) is 0 Å². The molecule has 3 aromatic rings. The van der Waals surface area contributed by atoms with Crippen LogP contribution in [-0.4, -0.2) is 16.1 Å². The topological polar surface area (TPSA) is 88.2 Å². The molecule has 21 heavy (non-hydrogen) atoms. The molecule has 0 saturated carbocycles. The van der Waals surface area contributed by atoms with Gasteiger partial charge in [0, 0.05) is 34.8 Å². The Hall–Kier alpha value is -3.08. The molecule has 0 atom stereocenters. The molecule has 1 aromatic heterocycles. The maximum atomic E-state index is 11.1. The molecule has 0 fully saturated rings. The average molecular weight is 279 g/mol. The van der Waals surface area contributed by atoms with Crippen LogP contribution in [0.1, 0.15) is 10.4 Å². The van der Waals surface area contributed by atoms with E-state index in [4.69, 9.17) is 10.8 Å². The first-order chi connectivity index (χ1) is 10.1. The summed E-state index contributed by atoms with van der Waals surface area (Å²) in [5.41, 5.74) is 7.51. The third-order valence-electron chi connectivity index (χ3n) is 3.25. The van der Waals surface area contributed by atoms with Crippen molar-refractivity contribution in [3.05, 3.63) is 60.4 Å². The Morgan fingerprint density at radius 1 is 1.19 bits per heavy atom. The number of carboxylic acid groups (broad SMARTS) is 1. The van der Waals surface area contributed by atoms with E-state index < -0.39 is 5.97 Å². The van der Waals surface area contributed by atoms with Gasteiger partial charge < -0.3 is 16.2 Å². The number of anilines is 3. The molecule has 104 valence electrons. The molecule has 0 amide bonds. The number of aromatic nitrogens is 1. The van der Waals surface area contributed by atoms with Crippen molar-refractivity contribution in [2.45, 2.75) is 0 Å². The quantitative estimate of drug-likeness (QED) is 0.640. The van der Waals surface area contributed by atoms with Crippen molar-refractivity contribution < 1.29 is 9.90 Å². The number of hydrogen-bond donors (Lipinski definition) is 3. The van der Waals surface area contributed by atoms with Gasteiger partial charge in [-0.15, -0.1) is 0 Å². The van der Waals surface area contributed by atoms with E-state index in [1.807, 2.05) is 24.3 Å². The Balaban J connectivity index is 2.03. The summed E-state index contributed by atoms with van der Waals surface area (Å²) in [5, 5.41) is 14.3. The lowest BCUT2D eigenvalue weighted by molar-refractivity contribution is 0.0698. The number of carboxylic acids is 1. The Morgan fingerprint density at radius 3 is 2.86 bits per heavy atom. The highest BCUT2D eigenvalue weighted by molar-refractivity contribution is 5.97. The van der Waals surface area contributed by atoms with Crippen LogP contribution in [0.5, 0.6) is 0 Å². The van der Waals surface area contributed by atoms with Crippen LogP contribution in [0.15, 0.2) is 54.9 Å². The minimum Gasteiger partial charge on any atom is -0.478 e. The number of nitrogen functional groups attached to an aromatic ring is 1. The number of fused-ring (bicyclic) bond motifs is 1. The standard InChI is InChI=1S/C16H13N3O2/c17-14-5-4-11(8-12(14)16(20)21)19-15-3-1-2-10-6-7-18-9-13(10)15/h1-9,19H,17H2,(H,20,21). The monoisotopic (exact) mass is 279 g/mol. The molecule has 0 aliphatic heterocycles. The molecule has 5 heteroatoms. The lowest BCUT2D eigenvalue weighted by Gasteiger charge is -2.11. The normalized spacial score (nSPS) is 10.5. The Bertz CT molecular complexity index is 825. The van der Waals surface area contributed by atoms with Gasteiger partial charge in [0.15, 0.2) is 0 Å². The summed E-state index contributed by atoms with van der Waals surface area (Å²) in [6.45, 7) is 0. The van der Waals surface area contributed by atoms with E-state index in [2.05, 4.69) is 10.3 Å². The number of aromatic carboxylic acids is 1. The van der Waals surface area contributed by atoms with Crippen molar-refractivity contribution in [3.63, 3.8) is 0 Å². The molecule has 5 nitrogen and oxygen atoms in total. The molecule has 2 aromatic carbocycles. The Morgan fingerprint density at radius 2 is 2.05 bits per heavy atom. The van der Waals surface area contributed by atoms with E-state index in [0.29, 0.717) is 5.69 Å². The lowest BCUT2D eigenvalue weighted by atomic mass is 10.1. The summed E-state index contributed by atoms with van der Waals surface area (Å²) in [7, 11) is 0. The van der Waals surface area contributed by atoms with Crippen LogP contribution in [0.25, 0.3) is 10.8 Å². The predicted octanol–water partition coefficient (Wildman–Crippen LogP) is 3.26. The van der Waals surface area contributed by atoms with Gasteiger partial charge in [-0.3, -0.25) is 4.98 Å². The fraction of sp³-hybridized carbons (Fsp3) is 0. The van der Waals surface area contributed by atoms with E-state index >= 15 is 0 Å². The van der Waals surface area contributed by atoms with Gasteiger partial charge >= 0.3 is 5.97 Å². The maximum absolute atomic E-state index is 11.1. The van der Waals surface area contributed by atoms with Gasteiger partial charge in [0.1, 0.15) is 0 Å². The molecule has 0 radical (unpaired) electrons. The van der Waals surface area contributed by atoms with Crippen molar-refractivity contribution >= 4 is 33.8 Å². The van der Waals surface area contributed by atoms with Crippen LogP contribution in [0, 0.1) is 0 Å². The Kier molecular flexibility index (Phi) is 3.16. The van der Waals surface area contributed by atoms with Crippen LogP contribution >= 0.6 is 0 Å². The van der Waals surface area contributed by atoms with Crippen molar-refractivity contribution in [2.24, 2.45) is 0 Å². The molecule has 0 aliphatic carbocycles. The van der Waals surface area contributed by atoms with E-state index in [-0.39, 0.29) is 11.3 Å². The Labute approximate surface area is 121 Å². The summed E-state index contributed by atoms with van der Waals surface area (Å²) in [6, 6.07) is 12.6. The fourth-order valence-corrected chi connectivity index (χ4v) is 2.20. The van der Waals surface area contributed by atoms with Crippen LogP contribution in [0.3, 0.4) is 0 Å². The third kappa shape index (κ3) is 2.49. The SMILES string of the molecule is Nc1ccc(Nc2cccc3ccncc23)cc1C(=O)O. The lowest BCUT2D eigenvalue weighted by Crippen LogP contribution is -2.03. The molecule has 1 heterocycles. The number of benzene rings is 2. The molecule has 3 rings (SSSR count). The number of nitrogens with one attached hydrogen (secondary N) is 1. The summed E-state index contributed by atoms with van der Waals surface area (Å²) in [4.78, 5) is 15.2. The molecule has 0 aliphatic rings. The summed E-state index contributed by atoms with van der Waals surface area (Å²) >= 11 is 0. The zero-order valence-electron chi connectivity index (χ0n) is 11.1. The first kappa shape index (κ1) is 12.9. The minimum atomic E-state index is -1.05. The maximum Gasteiger partial charge on any atom is 0.337 e. The van der Waals surface area contributed by atoms with Crippen LogP contribution < -0.4 is 11.1 Å². The number of carbonyl (C=O) groups is 1. The molecular formula is C16H13N3O2. The van der Waals surface area contributed by atoms with Crippen molar-refractivity contribution in [3.8, 4) is 0 Å². The highest BCUT2D eigenvalue weighted by Crippen LogP contribution is 2.27. The number of pyridine rings is 1. The van der Waals surface area contributed by atoms with Crippen LogP contribution in [-0.2, 0) is 0 Å². The third-order valence-corrected chi connectivity index (χ3v) is 3.25. The highest BCUT2D eigenvalue weighted by Gasteiger charge is 2.09. The van der Waals surface area contributed by atoms with Gasteiger partial charge in [-0.05, 0) is 35.7 Å². The van der Waals surface area contributed by atoms with Gasteiger partial charge in [0.05, 0.1) is 5.56 Å². The fourth-order valence-electron chi connectivity index (χ4n) is 2.20. The number of nitrogens with zero attached hydrogens (tertiary/aromatic N) is 1. The van der Waals surface area contributed by atoms with Gasteiger partial charge in [-0.1, -0.05) is 12.1 Å². The molecule has 4 N–H and O–H groups in total. The van der Waals surface area contributed by atoms with E-state index in [0.717, 1.165) is 16.5 Å². The minimum absolute atomic E-state index is 0.0818. The molecular weight excluding hydrogens is 266 g/mol. The number of nitrogens with two attached hydrogens (primary N) is 1. The molecule has 0 spiro atoms. The first-order valence-electron chi connectivity index (χ1n) is 6.38. The second-order valence-electron chi connectivity index (χ2n) is 4.63. The van der Waals surface area contributed by atoms with Crippen molar-refractivity contribution in [1.82, 2.24) is 4.98 Å². The second kappa shape index (κ2) is 5.13. The van der Waals surface area contributed by atoms with Gasteiger partial charge in [0.25, 0.3) is 0 Å². The highest BCUT2D eigenvalue weighted by atomic mass is 16.4. The molecule has 0 saturated heterocycles. The summed E-state index contributed by atoms with van der Waals surface area (Å²) in [5.74, 6) is -1.05. The molecule has 0 bridgehead atoms. The first-order valence-corrected chi connectivity index (χ1v) is 6.38. The van der Waals surface area contributed by atoms with Crippen molar-refractivity contribution in [2.75, 3.05) is 11.1 Å². The largest absolute Gasteiger partial charge is 0.478 e. The summed E-state index contributed by atoms with van der Waals surface area (Å²) < 4.78 is 0. The van der Waals surface area contributed by atoms with Gasteiger partial charge in [-0.2, -0.15) is 0 Å². The van der Waals surface area contributed by atoms with Gasteiger partial charge in [-0.25, -0.2) is 4.79 Å². The van der Waals surface area contributed by atoms with E-state index in [1.54, 1.807) is 24.5 Å². The van der Waals surface area contributed by atoms with Crippen LogP contribution in [0.4, 0.5) is 17.1 Å². The average Bonchev–Trinajstić information content (AvgIpc) is 2.49. The smallest absolute Gasteiger partial charge is 0.337 e. The van der Waals surface area contributed by atoms with Crippen molar-refractivity contribution in [1.29, 1.82) is 0 Å². The van der Waals surface area contributed by atoms with Gasteiger partial charge in [0.2, 0.25) is 0 Å². The number of rotatable bonds is 3. The predicted molar refractivity (Wildman–Crippen MR) is 82.8 cm³/mol. The second-order valence-corrected chi connectivity index (χ2v) is 4.63. The zero-order chi connectivity index (χ0) is 14.8. The molecule has 0 unspecified atom stereocenters.